The number of carbonyl (C=O) groups excluding carboxylic acids is 1. The molecular weight excluding hydrogens is 233 g/mol. The summed E-state index contributed by atoms with van der Waals surface area (Å²) >= 11 is 6.19. The number of carbonyl (C=O) groups is 1. The highest BCUT2D eigenvalue weighted by Crippen LogP contribution is 2.23. The van der Waals surface area contributed by atoms with Crippen LogP contribution in [0.25, 0.3) is 0 Å². The lowest BCUT2D eigenvalue weighted by Crippen LogP contribution is -2.33. The minimum atomic E-state index is -0.180. The van der Waals surface area contributed by atoms with Crippen molar-refractivity contribution < 1.29 is 4.79 Å². The molecule has 0 aliphatic heterocycles. The summed E-state index contributed by atoms with van der Waals surface area (Å²) in [5, 5.41) is 2.59. The van der Waals surface area contributed by atoms with Crippen molar-refractivity contribution >= 4 is 29.9 Å². The van der Waals surface area contributed by atoms with Gasteiger partial charge in [0.1, 0.15) is 0 Å². The van der Waals surface area contributed by atoms with Gasteiger partial charge in [0, 0.05) is 13.0 Å². The summed E-state index contributed by atoms with van der Waals surface area (Å²) in [6.07, 6.45) is 0. The zero-order valence-corrected chi connectivity index (χ0v) is 10.3. The fourth-order valence-corrected chi connectivity index (χ4v) is 1.53. The smallest absolute Gasteiger partial charge is 0.217 e. The molecule has 84 valence electrons. The molecule has 2 unspecified atom stereocenters. The van der Waals surface area contributed by atoms with Crippen molar-refractivity contribution in [2.75, 3.05) is 0 Å². The van der Waals surface area contributed by atoms with Gasteiger partial charge in [-0.3, -0.25) is 4.79 Å². The standard InChI is InChI=1S/C11H14ClNO.ClH/c1-8(13-9(2)14)11(12)10-6-4-3-5-7-10;/h3-8,11H,1-2H3,(H,13,14);1H. The van der Waals surface area contributed by atoms with Gasteiger partial charge in [-0.25, -0.2) is 0 Å². The van der Waals surface area contributed by atoms with Gasteiger partial charge < -0.3 is 5.32 Å². The number of benzene rings is 1. The van der Waals surface area contributed by atoms with E-state index in [0.29, 0.717) is 0 Å². The van der Waals surface area contributed by atoms with E-state index in [1.54, 1.807) is 0 Å². The zero-order valence-electron chi connectivity index (χ0n) is 8.74. The lowest BCUT2D eigenvalue weighted by Gasteiger charge is -2.18. The lowest BCUT2D eigenvalue weighted by atomic mass is 10.1. The van der Waals surface area contributed by atoms with Crippen LogP contribution in [0.2, 0.25) is 0 Å². The first-order valence-electron chi connectivity index (χ1n) is 4.57. The van der Waals surface area contributed by atoms with Gasteiger partial charge in [-0.05, 0) is 12.5 Å². The van der Waals surface area contributed by atoms with Gasteiger partial charge in [0.05, 0.1) is 5.38 Å². The van der Waals surface area contributed by atoms with E-state index in [0.717, 1.165) is 5.56 Å². The van der Waals surface area contributed by atoms with E-state index in [1.165, 1.54) is 6.92 Å². The Balaban J connectivity index is 0.00000196. The van der Waals surface area contributed by atoms with E-state index in [2.05, 4.69) is 5.32 Å². The Labute approximate surface area is 101 Å². The molecule has 1 amide bonds. The van der Waals surface area contributed by atoms with Crippen LogP contribution in [0.15, 0.2) is 30.3 Å². The Hall–Kier alpha value is -0.730. The number of amides is 1. The predicted molar refractivity (Wildman–Crippen MR) is 65.6 cm³/mol. The average molecular weight is 248 g/mol. The predicted octanol–water partition coefficient (Wildman–Crippen LogP) is 2.91. The van der Waals surface area contributed by atoms with Crippen molar-refractivity contribution in [1.82, 2.24) is 5.32 Å². The number of hydrogen-bond donors (Lipinski definition) is 1. The van der Waals surface area contributed by atoms with Gasteiger partial charge >= 0.3 is 0 Å². The summed E-state index contributed by atoms with van der Waals surface area (Å²) in [4.78, 5) is 10.8. The highest BCUT2D eigenvalue weighted by molar-refractivity contribution is 6.21. The number of halogens is 2. The second kappa shape index (κ2) is 6.70. The number of nitrogens with one attached hydrogen (secondary N) is 1. The first-order chi connectivity index (χ1) is 6.61. The third-order valence-electron chi connectivity index (χ3n) is 1.99. The first kappa shape index (κ1) is 14.3. The molecule has 0 aliphatic rings. The maximum atomic E-state index is 10.8. The molecule has 0 aliphatic carbocycles. The Morgan fingerprint density at radius 3 is 2.33 bits per heavy atom. The van der Waals surface area contributed by atoms with Crippen molar-refractivity contribution in [2.45, 2.75) is 25.3 Å². The molecule has 4 heteroatoms. The van der Waals surface area contributed by atoms with Crippen molar-refractivity contribution in [2.24, 2.45) is 0 Å². The molecular formula is C11H15Cl2NO. The second-order valence-corrected chi connectivity index (χ2v) is 3.77. The highest BCUT2D eigenvalue weighted by atomic mass is 35.5. The molecule has 0 radical (unpaired) electrons. The molecule has 0 heterocycles. The minimum absolute atomic E-state index is 0. The molecule has 0 saturated heterocycles. The molecule has 0 spiro atoms. The van der Waals surface area contributed by atoms with Crippen molar-refractivity contribution in [3.8, 4) is 0 Å². The van der Waals surface area contributed by atoms with Crippen molar-refractivity contribution in [3.63, 3.8) is 0 Å². The molecule has 15 heavy (non-hydrogen) atoms. The second-order valence-electron chi connectivity index (χ2n) is 3.30. The molecule has 2 atom stereocenters. The van der Waals surface area contributed by atoms with E-state index < -0.39 is 0 Å². The van der Waals surface area contributed by atoms with Gasteiger partial charge in [0.15, 0.2) is 0 Å². The van der Waals surface area contributed by atoms with Crippen LogP contribution in [0, 0.1) is 0 Å². The van der Waals surface area contributed by atoms with Crippen LogP contribution in [0.5, 0.6) is 0 Å². The van der Waals surface area contributed by atoms with Crippen LogP contribution in [-0.2, 0) is 4.79 Å². The van der Waals surface area contributed by atoms with Crippen LogP contribution in [0.3, 0.4) is 0 Å². The summed E-state index contributed by atoms with van der Waals surface area (Å²) in [6.45, 7) is 3.39. The normalized spacial score (nSPS) is 13.5. The molecule has 0 saturated carbocycles. The Bertz CT molecular complexity index is 303. The third-order valence-corrected chi connectivity index (χ3v) is 2.62. The van der Waals surface area contributed by atoms with Gasteiger partial charge in [-0.15, -0.1) is 24.0 Å². The maximum Gasteiger partial charge on any atom is 0.217 e. The quantitative estimate of drug-likeness (QED) is 0.819. The van der Waals surface area contributed by atoms with Crippen molar-refractivity contribution in [3.05, 3.63) is 35.9 Å². The molecule has 1 aromatic rings. The Morgan fingerprint density at radius 1 is 1.33 bits per heavy atom. The summed E-state index contributed by atoms with van der Waals surface area (Å²) in [7, 11) is 0. The van der Waals surface area contributed by atoms with Gasteiger partial charge in [0.2, 0.25) is 5.91 Å². The topological polar surface area (TPSA) is 29.1 Å². The summed E-state index contributed by atoms with van der Waals surface area (Å²) in [6, 6.07) is 9.66. The third kappa shape index (κ3) is 4.54. The van der Waals surface area contributed by atoms with Gasteiger partial charge in [0.25, 0.3) is 0 Å². The van der Waals surface area contributed by atoms with Gasteiger partial charge in [-0.1, -0.05) is 30.3 Å². The van der Waals surface area contributed by atoms with E-state index in [1.807, 2.05) is 37.3 Å². The van der Waals surface area contributed by atoms with Crippen LogP contribution < -0.4 is 5.32 Å². The van der Waals surface area contributed by atoms with Crippen LogP contribution >= 0.6 is 24.0 Å². The van der Waals surface area contributed by atoms with Gasteiger partial charge in [-0.2, -0.15) is 0 Å². The van der Waals surface area contributed by atoms with Crippen LogP contribution in [0.1, 0.15) is 24.8 Å². The maximum absolute atomic E-state index is 10.8. The zero-order chi connectivity index (χ0) is 10.6. The number of rotatable bonds is 3. The monoisotopic (exact) mass is 247 g/mol. The Kier molecular flexibility index (Phi) is 6.37. The fraction of sp³-hybridized carbons (Fsp3) is 0.364. The van der Waals surface area contributed by atoms with E-state index >= 15 is 0 Å². The number of alkyl halides is 1. The fourth-order valence-electron chi connectivity index (χ4n) is 1.32. The molecule has 0 fully saturated rings. The van der Waals surface area contributed by atoms with E-state index in [9.17, 15) is 4.79 Å². The lowest BCUT2D eigenvalue weighted by molar-refractivity contribution is -0.119. The molecule has 1 rings (SSSR count). The molecule has 0 bridgehead atoms. The first-order valence-corrected chi connectivity index (χ1v) is 5.01. The number of hydrogen-bond acceptors (Lipinski definition) is 1. The van der Waals surface area contributed by atoms with Crippen LogP contribution in [0.4, 0.5) is 0 Å². The van der Waals surface area contributed by atoms with Crippen LogP contribution in [-0.4, -0.2) is 11.9 Å². The van der Waals surface area contributed by atoms with E-state index in [-0.39, 0.29) is 29.7 Å². The van der Waals surface area contributed by atoms with E-state index in [4.69, 9.17) is 11.6 Å². The Morgan fingerprint density at radius 2 is 1.87 bits per heavy atom. The highest BCUT2D eigenvalue weighted by Gasteiger charge is 2.16. The summed E-state index contributed by atoms with van der Waals surface area (Å²) in [5.41, 5.74) is 1.02. The summed E-state index contributed by atoms with van der Waals surface area (Å²) in [5.74, 6) is -0.0564. The molecule has 1 N–H and O–H groups in total. The average Bonchev–Trinajstić information content (AvgIpc) is 2.17. The van der Waals surface area contributed by atoms with Crippen molar-refractivity contribution in [1.29, 1.82) is 0 Å². The molecule has 1 aromatic carbocycles. The molecule has 0 aromatic heterocycles. The summed E-state index contributed by atoms with van der Waals surface area (Å²) < 4.78 is 0. The molecule has 2 nitrogen and oxygen atoms in total. The SMILES string of the molecule is CC(=O)NC(C)C(Cl)c1ccccc1.Cl. The largest absolute Gasteiger partial charge is 0.352 e. The minimum Gasteiger partial charge on any atom is -0.352 e.